The molecule has 1 aromatic rings. The fourth-order valence-electron chi connectivity index (χ4n) is 1.67. The van der Waals surface area contributed by atoms with Crippen LogP contribution < -0.4 is 0 Å². The summed E-state index contributed by atoms with van der Waals surface area (Å²) in [4.78, 5) is 4.93. The van der Waals surface area contributed by atoms with Gasteiger partial charge in [-0.1, -0.05) is 36.7 Å². The highest BCUT2D eigenvalue weighted by Gasteiger charge is 2.10. The van der Waals surface area contributed by atoms with Gasteiger partial charge in [-0.05, 0) is 25.2 Å². The second-order valence-corrected chi connectivity index (χ2v) is 5.73. The molecule has 1 atom stereocenters. The minimum absolute atomic E-state index is 0.620. The molecule has 0 saturated heterocycles. The van der Waals surface area contributed by atoms with Gasteiger partial charge in [0, 0.05) is 17.8 Å². The Labute approximate surface area is 107 Å². The van der Waals surface area contributed by atoms with Crippen LogP contribution in [-0.2, 0) is 13.0 Å². The van der Waals surface area contributed by atoms with E-state index in [4.69, 9.17) is 0 Å². The van der Waals surface area contributed by atoms with Gasteiger partial charge in [0.25, 0.3) is 0 Å². The summed E-state index contributed by atoms with van der Waals surface area (Å²) in [6.45, 7) is 7.65. The molecule has 92 valence electrons. The summed E-state index contributed by atoms with van der Waals surface area (Å²) in [6, 6.07) is 0. The van der Waals surface area contributed by atoms with E-state index in [-0.39, 0.29) is 0 Å². The van der Waals surface area contributed by atoms with Crippen LogP contribution in [-0.4, -0.2) is 19.6 Å². The van der Waals surface area contributed by atoms with Crippen molar-refractivity contribution in [2.24, 2.45) is 5.92 Å². The number of rotatable bonds is 7. The van der Waals surface area contributed by atoms with E-state index in [1.165, 1.54) is 12.8 Å². The first-order chi connectivity index (χ1) is 7.65. The third-order valence-corrected chi connectivity index (χ3v) is 4.25. The van der Waals surface area contributed by atoms with Gasteiger partial charge in [-0.25, -0.2) is 4.98 Å². The third-order valence-electron chi connectivity index (χ3n) is 2.73. The highest BCUT2D eigenvalue weighted by Crippen LogP contribution is 2.18. The lowest BCUT2D eigenvalue weighted by Gasteiger charge is -2.13. The molecule has 0 aliphatic carbocycles. The largest absolute Gasteiger partial charge is 0.250 e. The zero-order valence-corrected chi connectivity index (χ0v) is 12.1. The number of alkyl halides is 1. The Morgan fingerprint density at radius 2 is 2.19 bits per heavy atom. The van der Waals surface area contributed by atoms with Gasteiger partial charge in [-0.15, -0.1) is 0 Å². The Bertz CT molecular complexity index is 296. The van der Waals surface area contributed by atoms with Gasteiger partial charge in [0.05, 0.1) is 0 Å². The number of hydrogen-bond donors (Lipinski definition) is 0. The highest BCUT2D eigenvalue weighted by atomic mass is 79.9. The highest BCUT2D eigenvalue weighted by molar-refractivity contribution is 9.09. The molecule has 0 spiro atoms. The normalized spacial score (nSPS) is 13.3. The topological polar surface area (TPSA) is 30.7 Å². The Kier molecular flexibility index (Phi) is 6.03. The summed E-state index contributed by atoms with van der Waals surface area (Å²) in [6.07, 6.45) is 6.20. The van der Waals surface area contributed by atoms with Crippen LogP contribution >= 0.6 is 15.9 Å². The molecule has 0 aromatic carbocycles. The summed E-state index contributed by atoms with van der Waals surface area (Å²) in [5.74, 6) is 1.83. The van der Waals surface area contributed by atoms with E-state index >= 15 is 0 Å². The fraction of sp³-hybridized carbons (Fsp3) is 0.833. The van der Waals surface area contributed by atoms with Crippen molar-refractivity contribution in [1.29, 1.82) is 0 Å². The molecule has 0 bridgehead atoms. The van der Waals surface area contributed by atoms with E-state index in [2.05, 4.69) is 46.8 Å². The minimum Gasteiger partial charge on any atom is -0.250 e. The molecule has 0 amide bonds. The molecule has 3 nitrogen and oxygen atoms in total. The maximum atomic E-state index is 4.31. The average molecular weight is 288 g/mol. The zero-order chi connectivity index (χ0) is 12.0. The third kappa shape index (κ3) is 4.24. The Hall–Kier alpha value is -0.380. The average Bonchev–Trinajstić information content (AvgIpc) is 2.66. The SMILES string of the molecule is CCCn1ncnc1CCCC(Br)C(C)C. The van der Waals surface area contributed by atoms with Crippen molar-refractivity contribution >= 4 is 15.9 Å². The van der Waals surface area contributed by atoms with Crippen molar-refractivity contribution in [2.45, 2.75) is 57.8 Å². The van der Waals surface area contributed by atoms with E-state index in [1.54, 1.807) is 6.33 Å². The monoisotopic (exact) mass is 287 g/mol. The molecule has 0 aliphatic heterocycles. The predicted octanol–water partition coefficient (Wildman–Crippen LogP) is 3.43. The van der Waals surface area contributed by atoms with Gasteiger partial charge >= 0.3 is 0 Å². The summed E-state index contributed by atoms with van der Waals surface area (Å²) < 4.78 is 2.03. The Morgan fingerprint density at radius 3 is 2.81 bits per heavy atom. The van der Waals surface area contributed by atoms with Gasteiger partial charge in [0.1, 0.15) is 12.2 Å². The van der Waals surface area contributed by atoms with Gasteiger partial charge in [0.15, 0.2) is 0 Å². The molecule has 1 unspecified atom stereocenters. The van der Waals surface area contributed by atoms with Crippen molar-refractivity contribution in [3.8, 4) is 0 Å². The smallest absolute Gasteiger partial charge is 0.138 e. The van der Waals surface area contributed by atoms with Crippen LogP contribution in [0.2, 0.25) is 0 Å². The maximum absolute atomic E-state index is 4.31. The number of nitrogens with zero attached hydrogens (tertiary/aromatic N) is 3. The van der Waals surface area contributed by atoms with Crippen molar-refractivity contribution in [2.75, 3.05) is 0 Å². The van der Waals surface area contributed by atoms with Crippen molar-refractivity contribution in [1.82, 2.24) is 14.8 Å². The van der Waals surface area contributed by atoms with Gasteiger partial charge in [0.2, 0.25) is 0 Å². The second kappa shape index (κ2) is 7.05. The number of hydrogen-bond acceptors (Lipinski definition) is 2. The molecular formula is C12H22BrN3. The number of halogens is 1. The maximum Gasteiger partial charge on any atom is 0.138 e. The van der Waals surface area contributed by atoms with Crippen LogP contribution in [0.5, 0.6) is 0 Å². The van der Waals surface area contributed by atoms with Crippen LogP contribution in [0, 0.1) is 5.92 Å². The summed E-state index contributed by atoms with van der Waals surface area (Å²) in [5, 5.41) is 4.23. The molecule has 0 fully saturated rings. The van der Waals surface area contributed by atoms with Gasteiger partial charge < -0.3 is 0 Å². The van der Waals surface area contributed by atoms with Crippen molar-refractivity contribution < 1.29 is 0 Å². The first kappa shape index (κ1) is 13.7. The Balaban J connectivity index is 2.34. The van der Waals surface area contributed by atoms with Gasteiger partial charge in [-0.3, -0.25) is 4.68 Å². The van der Waals surface area contributed by atoms with Crippen molar-refractivity contribution in [3.63, 3.8) is 0 Å². The molecule has 1 aromatic heterocycles. The van der Waals surface area contributed by atoms with Crippen LogP contribution in [0.25, 0.3) is 0 Å². The molecule has 0 saturated carbocycles. The lowest BCUT2D eigenvalue weighted by Crippen LogP contribution is -2.09. The number of aryl methyl sites for hydroxylation is 2. The van der Waals surface area contributed by atoms with Gasteiger partial charge in [-0.2, -0.15) is 5.10 Å². The summed E-state index contributed by atoms with van der Waals surface area (Å²) in [7, 11) is 0. The van der Waals surface area contributed by atoms with Crippen molar-refractivity contribution in [3.05, 3.63) is 12.2 Å². The minimum atomic E-state index is 0.620. The Morgan fingerprint density at radius 1 is 1.44 bits per heavy atom. The molecule has 1 heterocycles. The molecule has 1 rings (SSSR count). The molecule has 0 radical (unpaired) electrons. The quantitative estimate of drug-likeness (QED) is 0.720. The predicted molar refractivity (Wildman–Crippen MR) is 70.8 cm³/mol. The molecule has 0 N–H and O–H groups in total. The first-order valence-electron chi connectivity index (χ1n) is 6.15. The van der Waals surface area contributed by atoms with Crippen LogP contribution in [0.1, 0.15) is 45.9 Å². The van der Waals surface area contributed by atoms with E-state index in [0.29, 0.717) is 10.7 Å². The summed E-state index contributed by atoms with van der Waals surface area (Å²) >= 11 is 3.71. The van der Waals surface area contributed by atoms with E-state index in [9.17, 15) is 0 Å². The molecular weight excluding hydrogens is 266 g/mol. The second-order valence-electron chi connectivity index (χ2n) is 4.55. The van der Waals surface area contributed by atoms with Crippen LogP contribution in [0.3, 0.4) is 0 Å². The van der Waals surface area contributed by atoms with E-state index < -0.39 is 0 Å². The molecule has 16 heavy (non-hydrogen) atoms. The van der Waals surface area contributed by atoms with Crippen LogP contribution in [0.4, 0.5) is 0 Å². The first-order valence-corrected chi connectivity index (χ1v) is 7.07. The molecule has 4 heteroatoms. The molecule has 0 aliphatic rings. The summed E-state index contributed by atoms with van der Waals surface area (Å²) in [5.41, 5.74) is 0. The fourth-order valence-corrected chi connectivity index (χ4v) is 1.99. The lowest BCUT2D eigenvalue weighted by molar-refractivity contribution is 0.531. The van der Waals surface area contributed by atoms with Crippen LogP contribution in [0.15, 0.2) is 6.33 Å². The standard InChI is InChI=1S/C12H22BrN3/c1-4-8-16-12(14-9-15-16)7-5-6-11(13)10(2)3/h9-11H,4-8H2,1-3H3. The number of aromatic nitrogens is 3. The van der Waals surface area contributed by atoms with E-state index in [0.717, 1.165) is 25.2 Å². The zero-order valence-electron chi connectivity index (χ0n) is 10.5. The lowest BCUT2D eigenvalue weighted by atomic mass is 10.1. The van der Waals surface area contributed by atoms with E-state index in [1.807, 2.05) is 4.68 Å².